The van der Waals surface area contributed by atoms with Crippen molar-refractivity contribution in [1.29, 1.82) is 0 Å². The van der Waals surface area contributed by atoms with Crippen molar-refractivity contribution in [2.24, 2.45) is 22.2 Å². The van der Waals surface area contributed by atoms with Gasteiger partial charge in [-0.05, 0) is 36.6 Å². The number of carboxylic acids is 1. The molecule has 0 saturated heterocycles. The van der Waals surface area contributed by atoms with Gasteiger partial charge in [0.1, 0.15) is 6.04 Å². The average Bonchev–Trinajstić information content (AvgIpc) is 3.19. The summed E-state index contributed by atoms with van der Waals surface area (Å²) in [5.41, 5.74) is 17.2. The van der Waals surface area contributed by atoms with Crippen molar-refractivity contribution in [3.05, 3.63) is 47.6 Å². The first-order chi connectivity index (χ1) is 14.3. The van der Waals surface area contributed by atoms with Crippen LogP contribution in [0.5, 0.6) is 0 Å². The first-order valence-corrected chi connectivity index (χ1v) is 9.12. The van der Waals surface area contributed by atoms with Crippen molar-refractivity contribution in [3.8, 4) is 0 Å². The van der Waals surface area contributed by atoms with Gasteiger partial charge < -0.3 is 37.5 Å². The SMILES string of the molecule is NC(N)=NCCC[C@H](N)c1noc(CNC(=O)N[C@@H](Cc2cc#ccc2)C(=O)O)n1. The topological polar surface area (TPSA) is 208 Å². The first kappa shape index (κ1) is 22.4. The molecule has 0 unspecified atom stereocenters. The number of carbonyl (C=O) groups excluding carboxylic acids is 1. The Morgan fingerprint density at radius 3 is 2.80 bits per heavy atom. The number of rotatable bonds is 11. The van der Waals surface area contributed by atoms with E-state index in [1.807, 2.05) is 0 Å². The summed E-state index contributed by atoms with van der Waals surface area (Å²) in [6.07, 6.45) is 1.28. The lowest BCUT2D eigenvalue weighted by Crippen LogP contribution is -2.46. The normalized spacial score (nSPS) is 12.3. The van der Waals surface area contributed by atoms with E-state index in [2.05, 4.69) is 37.9 Å². The third-order valence-corrected chi connectivity index (χ3v) is 3.95. The van der Waals surface area contributed by atoms with Crippen LogP contribution in [0.15, 0.2) is 27.7 Å². The Morgan fingerprint density at radius 1 is 1.33 bits per heavy atom. The molecule has 12 nitrogen and oxygen atoms in total. The van der Waals surface area contributed by atoms with Crippen LogP contribution in [-0.2, 0) is 17.8 Å². The second kappa shape index (κ2) is 11.2. The third-order valence-electron chi connectivity index (χ3n) is 3.95. The Hall–Kier alpha value is -3.85. The monoisotopic (exact) mass is 416 g/mol. The van der Waals surface area contributed by atoms with Crippen LogP contribution >= 0.6 is 0 Å². The maximum Gasteiger partial charge on any atom is 0.326 e. The van der Waals surface area contributed by atoms with Crippen molar-refractivity contribution >= 4 is 18.0 Å². The third kappa shape index (κ3) is 7.64. The van der Waals surface area contributed by atoms with Crippen LogP contribution in [-0.4, -0.2) is 45.8 Å². The lowest BCUT2D eigenvalue weighted by Gasteiger charge is -2.14. The molecule has 0 aliphatic rings. The molecule has 1 heterocycles. The van der Waals surface area contributed by atoms with Crippen molar-refractivity contribution < 1.29 is 19.2 Å². The summed E-state index contributed by atoms with van der Waals surface area (Å²) < 4.78 is 5.05. The largest absolute Gasteiger partial charge is 0.480 e. The number of hydrogen-bond acceptors (Lipinski definition) is 7. The van der Waals surface area contributed by atoms with Gasteiger partial charge in [0.05, 0.1) is 12.6 Å². The fourth-order valence-corrected chi connectivity index (χ4v) is 2.45. The lowest BCUT2D eigenvalue weighted by atomic mass is 10.1. The highest BCUT2D eigenvalue weighted by Gasteiger charge is 2.21. The molecule has 160 valence electrons. The number of amides is 2. The van der Waals surface area contributed by atoms with Crippen LogP contribution in [0.4, 0.5) is 4.79 Å². The van der Waals surface area contributed by atoms with Gasteiger partial charge in [-0.3, -0.25) is 4.99 Å². The molecule has 1 aromatic heterocycles. The summed E-state index contributed by atoms with van der Waals surface area (Å²) in [6.45, 7) is 0.354. The molecule has 9 N–H and O–H groups in total. The van der Waals surface area contributed by atoms with E-state index < -0.39 is 24.1 Å². The van der Waals surface area contributed by atoms with E-state index >= 15 is 0 Å². The minimum atomic E-state index is -1.16. The van der Waals surface area contributed by atoms with Gasteiger partial charge in [-0.2, -0.15) is 4.98 Å². The van der Waals surface area contributed by atoms with Crippen molar-refractivity contribution in [3.63, 3.8) is 0 Å². The minimum absolute atomic E-state index is 0.0144. The smallest absolute Gasteiger partial charge is 0.326 e. The number of hydrogen-bond donors (Lipinski definition) is 6. The molecule has 12 heteroatoms. The number of aromatic nitrogens is 2. The molecule has 0 aliphatic carbocycles. The molecule has 2 aromatic rings. The predicted octanol–water partition coefficient (Wildman–Crippen LogP) is -0.782. The summed E-state index contributed by atoms with van der Waals surface area (Å²) in [5, 5.41) is 18.0. The molecule has 0 fully saturated rings. The molecule has 0 spiro atoms. The molecule has 2 atom stereocenters. The number of carbonyl (C=O) groups is 2. The van der Waals surface area contributed by atoms with E-state index in [1.165, 1.54) is 0 Å². The zero-order valence-corrected chi connectivity index (χ0v) is 16.2. The van der Waals surface area contributed by atoms with E-state index in [1.54, 1.807) is 18.2 Å². The Labute approximate surface area is 172 Å². The maximum atomic E-state index is 12.0. The fourth-order valence-electron chi connectivity index (χ4n) is 2.45. The van der Waals surface area contributed by atoms with Crippen LogP contribution < -0.4 is 27.8 Å². The average molecular weight is 416 g/mol. The van der Waals surface area contributed by atoms with Crippen LogP contribution in [0.25, 0.3) is 0 Å². The lowest BCUT2D eigenvalue weighted by molar-refractivity contribution is -0.139. The maximum absolute atomic E-state index is 12.0. The zero-order valence-electron chi connectivity index (χ0n) is 16.2. The number of nitrogens with two attached hydrogens (primary N) is 3. The van der Waals surface area contributed by atoms with Gasteiger partial charge in [-0.15, -0.1) is 0 Å². The van der Waals surface area contributed by atoms with Gasteiger partial charge in [0, 0.05) is 13.0 Å². The van der Waals surface area contributed by atoms with E-state index in [0.717, 1.165) is 0 Å². The summed E-state index contributed by atoms with van der Waals surface area (Å²) in [5.74, 6) is -0.720. The summed E-state index contributed by atoms with van der Waals surface area (Å²) >= 11 is 0. The molecule has 0 radical (unpaired) electrons. The molecule has 2 rings (SSSR count). The van der Waals surface area contributed by atoms with Gasteiger partial charge >= 0.3 is 12.0 Å². The van der Waals surface area contributed by atoms with E-state index in [0.29, 0.717) is 24.9 Å². The number of carboxylic acid groups (broad SMARTS) is 1. The van der Waals surface area contributed by atoms with Crippen molar-refractivity contribution in [2.75, 3.05) is 6.54 Å². The minimum Gasteiger partial charge on any atom is -0.480 e. The summed E-state index contributed by atoms with van der Waals surface area (Å²) in [6, 6.07) is 8.12. The number of guanidine groups is 1. The van der Waals surface area contributed by atoms with Gasteiger partial charge in [0.15, 0.2) is 11.8 Å². The predicted molar refractivity (Wildman–Crippen MR) is 106 cm³/mol. The Kier molecular flexibility index (Phi) is 8.40. The number of nitrogens with one attached hydrogen (secondary N) is 2. The zero-order chi connectivity index (χ0) is 21.9. The fraction of sp³-hybridized carbons (Fsp3) is 0.389. The molecule has 2 amide bonds. The van der Waals surface area contributed by atoms with Gasteiger partial charge in [0.2, 0.25) is 5.89 Å². The molecule has 1 aromatic carbocycles. The number of urea groups is 1. The van der Waals surface area contributed by atoms with Crippen LogP contribution in [0, 0.1) is 12.1 Å². The van der Waals surface area contributed by atoms with E-state index in [-0.39, 0.29) is 30.6 Å². The number of nitrogens with zero attached hydrogens (tertiary/aromatic N) is 3. The first-order valence-electron chi connectivity index (χ1n) is 9.12. The van der Waals surface area contributed by atoms with E-state index in [4.69, 9.17) is 21.7 Å². The highest BCUT2D eigenvalue weighted by Crippen LogP contribution is 2.12. The standard InChI is InChI=1S/C18H24N8O4/c19-12(7-4-8-22-17(20)21)15-25-14(30-26-15)10-23-18(29)24-13(16(27)28)9-11-5-2-1-3-6-11/h2,5-6,12-13H,4,7-10,19H2,(H,27,28)(H4,20,21,22)(H2,23,24,29)/t12-,13-/m0/s1. The number of aliphatic carboxylic acids is 1. The molecule has 0 aliphatic heterocycles. The Bertz CT molecular complexity index is 851. The van der Waals surface area contributed by atoms with Crippen LogP contribution in [0.3, 0.4) is 0 Å². The highest BCUT2D eigenvalue weighted by atomic mass is 16.5. The van der Waals surface area contributed by atoms with Gasteiger partial charge in [-0.25, -0.2) is 9.59 Å². The highest BCUT2D eigenvalue weighted by molar-refractivity contribution is 5.82. The van der Waals surface area contributed by atoms with Crippen molar-refractivity contribution in [2.45, 2.75) is 37.9 Å². The van der Waals surface area contributed by atoms with Crippen LogP contribution in [0.1, 0.15) is 36.2 Å². The molecular formula is C18H24N8O4. The Morgan fingerprint density at radius 2 is 2.13 bits per heavy atom. The molecule has 0 bridgehead atoms. The van der Waals surface area contributed by atoms with Crippen molar-refractivity contribution in [1.82, 2.24) is 20.8 Å². The number of aliphatic imine (C=N–C) groups is 1. The second-order valence-electron chi connectivity index (χ2n) is 6.36. The summed E-state index contributed by atoms with van der Waals surface area (Å²) in [4.78, 5) is 31.4. The molecule has 30 heavy (non-hydrogen) atoms. The van der Waals surface area contributed by atoms with Crippen LogP contribution in [0.2, 0.25) is 0 Å². The quantitative estimate of drug-likeness (QED) is 0.154. The molecular weight excluding hydrogens is 392 g/mol. The second-order valence-corrected chi connectivity index (χ2v) is 6.36. The van der Waals surface area contributed by atoms with E-state index in [9.17, 15) is 14.7 Å². The van der Waals surface area contributed by atoms with Gasteiger partial charge in [-0.1, -0.05) is 17.3 Å². The summed E-state index contributed by atoms with van der Waals surface area (Å²) in [7, 11) is 0. The Balaban J connectivity index is 1.79. The molecule has 0 saturated carbocycles. The van der Waals surface area contributed by atoms with Gasteiger partial charge in [0.25, 0.3) is 0 Å².